The third-order valence-electron chi connectivity index (χ3n) is 2.65. The molecule has 0 aliphatic rings. The first kappa shape index (κ1) is 11.3. The van der Waals surface area contributed by atoms with Crippen molar-refractivity contribution in [1.29, 1.82) is 0 Å². The second kappa shape index (κ2) is 4.76. The lowest BCUT2D eigenvalue weighted by molar-refractivity contribution is 1.37. The molecule has 0 aliphatic carbocycles. The molecule has 2 N–H and O–H groups in total. The van der Waals surface area contributed by atoms with Crippen LogP contribution < -0.4 is 5.73 Å². The summed E-state index contributed by atoms with van der Waals surface area (Å²) in [6, 6.07) is 14.0. The van der Waals surface area contributed by atoms with Crippen LogP contribution in [0.15, 0.2) is 42.5 Å². The maximum absolute atomic E-state index is 6.01. The average Bonchev–Trinajstić information content (AvgIpc) is 2.33. The summed E-state index contributed by atoms with van der Waals surface area (Å²) in [5.74, 6) is 6.26. The van der Waals surface area contributed by atoms with Crippen LogP contribution in [-0.4, -0.2) is 0 Å². The lowest BCUT2D eigenvalue weighted by Crippen LogP contribution is -1.95. The Hall–Kier alpha value is -2.20. The van der Waals surface area contributed by atoms with E-state index in [1.165, 1.54) is 5.56 Å². The molecule has 0 amide bonds. The van der Waals surface area contributed by atoms with Gasteiger partial charge in [-0.15, -0.1) is 0 Å². The summed E-state index contributed by atoms with van der Waals surface area (Å²) in [6.45, 7) is 4.07. The fourth-order valence-electron chi connectivity index (χ4n) is 1.74. The van der Waals surface area contributed by atoms with Gasteiger partial charge in [-0.05, 0) is 43.2 Å². The van der Waals surface area contributed by atoms with Crippen LogP contribution in [0, 0.1) is 25.7 Å². The average molecular weight is 221 g/mol. The molecule has 0 bridgehead atoms. The van der Waals surface area contributed by atoms with Crippen molar-refractivity contribution in [3.63, 3.8) is 0 Å². The Morgan fingerprint density at radius 3 is 2.35 bits per heavy atom. The van der Waals surface area contributed by atoms with Crippen LogP contribution in [0.2, 0.25) is 0 Å². The number of rotatable bonds is 0. The van der Waals surface area contributed by atoms with Crippen LogP contribution in [0.25, 0.3) is 0 Å². The maximum atomic E-state index is 6.01. The molecule has 0 aliphatic heterocycles. The highest BCUT2D eigenvalue weighted by molar-refractivity contribution is 5.62. The predicted molar refractivity (Wildman–Crippen MR) is 72.8 cm³/mol. The van der Waals surface area contributed by atoms with Gasteiger partial charge in [0.05, 0.1) is 5.69 Å². The molecule has 0 spiro atoms. The molecule has 2 aromatic rings. The monoisotopic (exact) mass is 221 g/mol. The fraction of sp³-hybridized carbons (Fsp3) is 0.125. The SMILES string of the molecule is Cc1cc(C)c(N)c(C#Cc2ccccc2)c1. The summed E-state index contributed by atoms with van der Waals surface area (Å²) >= 11 is 0. The van der Waals surface area contributed by atoms with E-state index in [0.29, 0.717) is 0 Å². The van der Waals surface area contributed by atoms with Crippen molar-refractivity contribution in [1.82, 2.24) is 0 Å². The van der Waals surface area contributed by atoms with E-state index in [1.54, 1.807) is 0 Å². The summed E-state index contributed by atoms with van der Waals surface area (Å²) in [5.41, 5.74) is 11.0. The molecule has 84 valence electrons. The number of hydrogen-bond acceptors (Lipinski definition) is 1. The number of anilines is 1. The largest absolute Gasteiger partial charge is 0.398 e. The van der Waals surface area contributed by atoms with Gasteiger partial charge >= 0.3 is 0 Å². The highest BCUT2D eigenvalue weighted by Gasteiger charge is 2.00. The lowest BCUT2D eigenvalue weighted by Gasteiger charge is -2.04. The van der Waals surface area contributed by atoms with Gasteiger partial charge in [-0.2, -0.15) is 0 Å². The van der Waals surface area contributed by atoms with Crippen molar-refractivity contribution in [2.24, 2.45) is 0 Å². The molecule has 1 heteroatoms. The predicted octanol–water partition coefficient (Wildman–Crippen LogP) is 3.29. The van der Waals surface area contributed by atoms with E-state index in [0.717, 1.165) is 22.4 Å². The van der Waals surface area contributed by atoms with Crippen LogP contribution in [-0.2, 0) is 0 Å². The molecule has 0 aromatic heterocycles. The van der Waals surface area contributed by atoms with E-state index in [1.807, 2.05) is 43.3 Å². The Morgan fingerprint density at radius 2 is 1.65 bits per heavy atom. The van der Waals surface area contributed by atoms with Crippen molar-refractivity contribution < 1.29 is 0 Å². The van der Waals surface area contributed by atoms with Crippen LogP contribution in [0.5, 0.6) is 0 Å². The van der Waals surface area contributed by atoms with Gasteiger partial charge in [-0.3, -0.25) is 0 Å². The Kier molecular flexibility index (Phi) is 3.16. The first-order valence-corrected chi connectivity index (χ1v) is 5.60. The minimum atomic E-state index is 0.777. The number of aryl methyl sites for hydroxylation is 2. The summed E-state index contributed by atoms with van der Waals surface area (Å²) in [6.07, 6.45) is 0. The lowest BCUT2D eigenvalue weighted by atomic mass is 10.0. The topological polar surface area (TPSA) is 26.0 Å². The van der Waals surface area contributed by atoms with Crippen molar-refractivity contribution in [2.75, 3.05) is 5.73 Å². The molecule has 0 saturated carbocycles. The third-order valence-corrected chi connectivity index (χ3v) is 2.65. The van der Waals surface area contributed by atoms with Gasteiger partial charge in [0.25, 0.3) is 0 Å². The van der Waals surface area contributed by atoms with Crippen LogP contribution in [0.1, 0.15) is 22.3 Å². The second-order valence-electron chi connectivity index (χ2n) is 4.16. The van der Waals surface area contributed by atoms with Gasteiger partial charge in [0.2, 0.25) is 0 Å². The molecule has 2 rings (SSSR count). The summed E-state index contributed by atoms with van der Waals surface area (Å²) in [5, 5.41) is 0. The first-order valence-electron chi connectivity index (χ1n) is 5.60. The molecule has 0 heterocycles. The summed E-state index contributed by atoms with van der Waals surface area (Å²) in [4.78, 5) is 0. The Balaban J connectivity index is 2.41. The standard InChI is InChI=1S/C16H15N/c1-12-10-13(2)16(17)15(11-12)9-8-14-6-4-3-5-7-14/h3-7,10-11H,17H2,1-2H3. The molecule has 2 aromatic carbocycles. The summed E-state index contributed by atoms with van der Waals surface area (Å²) < 4.78 is 0. The van der Waals surface area contributed by atoms with E-state index >= 15 is 0 Å². The Labute approximate surface area is 102 Å². The molecule has 0 radical (unpaired) electrons. The number of benzene rings is 2. The second-order valence-corrected chi connectivity index (χ2v) is 4.16. The van der Waals surface area contributed by atoms with Gasteiger partial charge in [0, 0.05) is 11.1 Å². The van der Waals surface area contributed by atoms with Gasteiger partial charge in [0.1, 0.15) is 0 Å². The number of nitrogen functional groups attached to an aromatic ring is 1. The van der Waals surface area contributed by atoms with Crippen LogP contribution in [0.3, 0.4) is 0 Å². The van der Waals surface area contributed by atoms with Crippen molar-refractivity contribution >= 4 is 5.69 Å². The molecule has 0 atom stereocenters. The molecular formula is C16H15N. The quantitative estimate of drug-likeness (QED) is 0.536. The Morgan fingerprint density at radius 1 is 0.941 bits per heavy atom. The van der Waals surface area contributed by atoms with E-state index in [-0.39, 0.29) is 0 Å². The van der Waals surface area contributed by atoms with Crippen molar-refractivity contribution in [3.8, 4) is 11.8 Å². The van der Waals surface area contributed by atoms with Crippen molar-refractivity contribution in [3.05, 3.63) is 64.7 Å². The van der Waals surface area contributed by atoms with Gasteiger partial charge in [-0.25, -0.2) is 0 Å². The molecule has 1 nitrogen and oxygen atoms in total. The smallest absolute Gasteiger partial charge is 0.0503 e. The van der Waals surface area contributed by atoms with Gasteiger partial charge in [-0.1, -0.05) is 36.1 Å². The first-order chi connectivity index (χ1) is 8.16. The third kappa shape index (κ3) is 2.68. The molecule has 17 heavy (non-hydrogen) atoms. The summed E-state index contributed by atoms with van der Waals surface area (Å²) in [7, 11) is 0. The van der Waals surface area contributed by atoms with E-state index in [4.69, 9.17) is 5.73 Å². The minimum Gasteiger partial charge on any atom is -0.398 e. The molecule has 0 fully saturated rings. The van der Waals surface area contributed by atoms with Crippen LogP contribution >= 0.6 is 0 Å². The van der Waals surface area contributed by atoms with Gasteiger partial charge < -0.3 is 5.73 Å². The van der Waals surface area contributed by atoms with Crippen LogP contribution in [0.4, 0.5) is 5.69 Å². The van der Waals surface area contributed by atoms with E-state index < -0.39 is 0 Å². The number of hydrogen-bond donors (Lipinski definition) is 1. The fourth-order valence-corrected chi connectivity index (χ4v) is 1.74. The normalized spacial score (nSPS) is 9.53. The molecular weight excluding hydrogens is 206 g/mol. The zero-order valence-electron chi connectivity index (χ0n) is 10.1. The molecule has 0 unspecified atom stereocenters. The maximum Gasteiger partial charge on any atom is 0.0503 e. The van der Waals surface area contributed by atoms with Gasteiger partial charge in [0.15, 0.2) is 0 Å². The van der Waals surface area contributed by atoms with E-state index in [2.05, 4.69) is 24.8 Å². The number of nitrogens with two attached hydrogens (primary N) is 1. The highest BCUT2D eigenvalue weighted by Crippen LogP contribution is 2.18. The van der Waals surface area contributed by atoms with E-state index in [9.17, 15) is 0 Å². The Bertz CT molecular complexity index is 586. The minimum absolute atomic E-state index is 0.777. The molecule has 0 saturated heterocycles. The zero-order valence-corrected chi connectivity index (χ0v) is 10.1. The zero-order chi connectivity index (χ0) is 12.3. The van der Waals surface area contributed by atoms with Crippen molar-refractivity contribution in [2.45, 2.75) is 13.8 Å². The highest BCUT2D eigenvalue weighted by atomic mass is 14.6.